The van der Waals surface area contributed by atoms with Crippen molar-refractivity contribution in [2.24, 2.45) is 5.92 Å². The van der Waals surface area contributed by atoms with Crippen LogP contribution in [0, 0.1) is 5.92 Å². The molecule has 0 saturated heterocycles. The number of rotatable bonds is 0. The van der Waals surface area contributed by atoms with Gasteiger partial charge in [0.2, 0.25) is 0 Å². The molecule has 156 valence electrons. The first kappa shape index (κ1) is 17.7. The number of benzene rings is 4. The Morgan fingerprint density at radius 1 is 0.697 bits per heavy atom. The Hall–Kier alpha value is -3.84. The summed E-state index contributed by atoms with van der Waals surface area (Å²) in [5.41, 5.74) is 12.5. The van der Waals surface area contributed by atoms with E-state index in [0.29, 0.717) is 5.92 Å². The van der Waals surface area contributed by atoms with Crippen LogP contribution in [0.15, 0.2) is 109 Å². The van der Waals surface area contributed by atoms with E-state index in [-0.39, 0.29) is 5.41 Å². The Kier molecular flexibility index (Phi) is 3.18. The van der Waals surface area contributed by atoms with Gasteiger partial charge in [0.1, 0.15) is 0 Å². The van der Waals surface area contributed by atoms with Gasteiger partial charge in [-0.2, -0.15) is 0 Å². The minimum atomic E-state index is -0.180. The van der Waals surface area contributed by atoms with Gasteiger partial charge in [-0.25, -0.2) is 0 Å². The van der Waals surface area contributed by atoms with Gasteiger partial charge in [0, 0.05) is 22.4 Å². The van der Waals surface area contributed by atoms with E-state index in [1.165, 1.54) is 60.9 Å². The normalized spacial score (nSPS) is 19.2. The van der Waals surface area contributed by atoms with Crippen molar-refractivity contribution in [1.29, 1.82) is 0 Å². The maximum Gasteiger partial charge on any atom is 0.0582 e. The predicted octanol–water partition coefficient (Wildman–Crippen LogP) is 7.93. The zero-order valence-corrected chi connectivity index (χ0v) is 18.5. The van der Waals surface area contributed by atoms with Crippen LogP contribution in [0.4, 0.5) is 0 Å². The van der Waals surface area contributed by atoms with E-state index in [0.717, 1.165) is 6.42 Å². The lowest BCUT2D eigenvalue weighted by molar-refractivity contribution is 0.450. The molecule has 8 rings (SSSR count). The molecule has 0 amide bonds. The molecule has 1 unspecified atom stereocenters. The van der Waals surface area contributed by atoms with Gasteiger partial charge >= 0.3 is 0 Å². The first-order chi connectivity index (χ1) is 16.3. The Labute approximate surface area is 193 Å². The summed E-state index contributed by atoms with van der Waals surface area (Å²) in [5, 5.41) is 2.70. The fraction of sp³-hybridized carbons (Fsp3) is 0.125. The van der Waals surface area contributed by atoms with Crippen LogP contribution >= 0.6 is 0 Å². The van der Waals surface area contributed by atoms with Gasteiger partial charge in [0.25, 0.3) is 0 Å². The smallest absolute Gasteiger partial charge is 0.0582 e. The fourth-order valence-electron chi connectivity index (χ4n) is 7.16. The molecule has 0 saturated carbocycles. The molecule has 33 heavy (non-hydrogen) atoms. The molecule has 0 fully saturated rings. The van der Waals surface area contributed by atoms with Gasteiger partial charge in [-0.05, 0) is 53.3 Å². The summed E-state index contributed by atoms with van der Waals surface area (Å²) in [6.07, 6.45) is 5.93. The molecule has 1 aliphatic heterocycles. The molecule has 3 aliphatic rings. The molecular formula is C32H23N. The summed E-state index contributed by atoms with van der Waals surface area (Å²) in [7, 11) is 0. The monoisotopic (exact) mass is 421 g/mol. The number of hydrogen-bond donors (Lipinski definition) is 0. The van der Waals surface area contributed by atoms with Gasteiger partial charge < -0.3 is 4.57 Å². The van der Waals surface area contributed by atoms with Crippen molar-refractivity contribution in [1.82, 2.24) is 4.57 Å². The van der Waals surface area contributed by atoms with Crippen LogP contribution in [0.3, 0.4) is 0 Å². The molecule has 4 aromatic carbocycles. The minimum Gasteiger partial charge on any atom is -0.312 e. The van der Waals surface area contributed by atoms with E-state index in [9.17, 15) is 0 Å². The summed E-state index contributed by atoms with van der Waals surface area (Å²) in [5.74, 6) is 0.347. The number of para-hydroxylation sites is 2. The second kappa shape index (κ2) is 5.94. The van der Waals surface area contributed by atoms with E-state index < -0.39 is 0 Å². The summed E-state index contributed by atoms with van der Waals surface area (Å²) in [4.78, 5) is 0. The van der Waals surface area contributed by atoms with E-state index in [1.54, 1.807) is 0 Å². The third-order valence-corrected chi connectivity index (χ3v) is 8.30. The van der Waals surface area contributed by atoms with Gasteiger partial charge in [-0.3, -0.25) is 0 Å². The van der Waals surface area contributed by atoms with Crippen molar-refractivity contribution in [2.75, 3.05) is 0 Å². The maximum absolute atomic E-state index is 2.58. The van der Waals surface area contributed by atoms with Crippen molar-refractivity contribution in [3.05, 3.63) is 125 Å². The molecular weight excluding hydrogens is 398 g/mol. The number of fused-ring (bicyclic) bond motifs is 12. The lowest BCUT2D eigenvalue weighted by Crippen LogP contribution is -2.41. The minimum absolute atomic E-state index is 0.180. The fourth-order valence-corrected chi connectivity index (χ4v) is 7.16. The molecule has 1 nitrogen and oxygen atoms in total. The summed E-state index contributed by atoms with van der Waals surface area (Å²) in [6, 6.07) is 34.2. The first-order valence-electron chi connectivity index (χ1n) is 11.9. The standard InChI is InChI=1S/C32H23N/c1-20-17-18-27-30(19-20)33-29-16-7-4-11-23(29)24-12-8-15-28(31(24)33)32(27)25-13-5-2-9-21(25)22-10-3-6-14-26(22)32/h2-17,19,27H,18H2,1H3. The number of hydrogen-bond acceptors (Lipinski definition) is 0. The Bertz CT molecular complexity index is 1660. The van der Waals surface area contributed by atoms with Crippen LogP contribution in [0.1, 0.15) is 30.0 Å². The molecule has 1 aromatic heterocycles. The highest BCUT2D eigenvalue weighted by molar-refractivity contribution is 6.13. The van der Waals surface area contributed by atoms with Crippen LogP contribution in [-0.2, 0) is 5.41 Å². The van der Waals surface area contributed by atoms with Gasteiger partial charge in [0.05, 0.1) is 16.4 Å². The zero-order valence-electron chi connectivity index (χ0n) is 18.5. The summed E-state index contributed by atoms with van der Waals surface area (Å²) >= 11 is 0. The lowest BCUT2D eigenvalue weighted by Gasteiger charge is -2.46. The van der Waals surface area contributed by atoms with Gasteiger partial charge in [-0.1, -0.05) is 96.6 Å². The van der Waals surface area contributed by atoms with Crippen molar-refractivity contribution in [3.63, 3.8) is 0 Å². The molecule has 2 heterocycles. The number of allylic oxidation sites excluding steroid dienone is 4. The average Bonchev–Trinajstić information content (AvgIpc) is 3.35. The molecule has 5 aromatic rings. The van der Waals surface area contributed by atoms with Crippen LogP contribution in [0.5, 0.6) is 0 Å². The Morgan fingerprint density at radius 2 is 1.33 bits per heavy atom. The molecule has 1 spiro atoms. The van der Waals surface area contributed by atoms with Crippen molar-refractivity contribution in [3.8, 4) is 11.1 Å². The SMILES string of the molecule is CC1=CCC2C(=C1)n1c3ccccc3c3cccc(c31)C21c2ccccc2-c2ccccc21. The highest BCUT2D eigenvalue weighted by Crippen LogP contribution is 2.63. The van der Waals surface area contributed by atoms with E-state index in [1.807, 2.05) is 0 Å². The Morgan fingerprint density at radius 3 is 2.12 bits per heavy atom. The van der Waals surface area contributed by atoms with E-state index in [2.05, 4.69) is 115 Å². The summed E-state index contributed by atoms with van der Waals surface area (Å²) < 4.78 is 2.58. The first-order valence-corrected chi connectivity index (χ1v) is 11.9. The van der Waals surface area contributed by atoms with Crippen LogP contribution in [0.25, 0.3) is 38.6 Å². The van der Waals surface area contributed by atoms with Gasteiger partial charge in [0.15, 0.2) is 0 Å². The lowest BCUT2D eigenvalue weighted by atomic mass is 9.59. The maximum atomic E-state index is 2.58. The summed E-state index contributed by atoms with van der Waals surface area (Å²) in [6.45, 7) is 2.25. The number of nitrogens with zero attached hydrogens (tertiary/aromatic N) is 1. The zero-order chi connectivity index (χ0) is 21.7. The molecule has 0 N–H and O–H groups in total. The van der Waals surface area contributed by atoms with Crippen LogP contribution in [-0.4, -0.2) is 4.57 Å². The predicted molar refractivity (Wildman–Crippen MR) is 137 cm³/mol. The quantitative estimate of drug-likeness (QED) is 0.239. The highest BCUT2D eigenvalue weighted by atomic mass is 15.0. The average molecular weight is 422 g/mol. The van der Waals surface area contributed by atoms with E-state index in [4.69, 9.17) is 0 Å². The van der Waals surface area contributed by atoms with Crippen molar-refractivity contribution < 1.29 is 0 Å². The third-order valence-electron chi connectivity index (χ3n) is 8.30. The second-order valence-electron chi connectivity index (χ2n) is 9.76. The molecule has 1 atom stereocenters. The van der Waals surface area contributed by atoms with E-state index >= 15 is 0 Å². The van der Waals surface area contributed by atoms with Crippen LogP contribution in [0.2, 0.25) is 0 Å². The Balaban J connectivity index is 1.66. The molecule has 0 radical (unpaired) electrons. The topological polar surface area (TPSA) is 4.93 Å². The third kappa shape index (κ3) is 1.92. The van der Waals surface area contributed by atoms with Crippen LogP contribution < -0.4 is 0 Å². The number of aromatic nitrogens is 1. The molecule has 2 aliphatic carbocycles. The highest BCUT2D eigenvalue weighted by Gasteiger charge is 2.54. The van der Waals surface area contributed by atoms with Gasteiger partial charge in [-0.15, -0.1) is 0 Å². The molecule has 0 bridgehead atoms. The van der Waals surface area contributed by atoms with Crippen molar-refractivity contribution >= 4 is 27.5 Å². The molecule has 1 heteroatoms. The largest absolute Gasteiger partial charge is 0.312 e. The van der Waals surface area contributed by atoms with Crippen molar-refractivity contribution in [2.45, 2.75) is 18.8 Å². The second-order valence-corrected chi connectivity index (χ2v) is 9.76.